The molecule has 0 bridgehead atoms. The molecule has 1 saturated carbocycles. The number of nitrogens with zero attached hydrogens (tertiary/aromatic N) is 1. The van der Waals surface area contributed by atoms with Crippen molar-refractivity contribution in [2.45, 2.75) is 77.4 Å². The molecule has 1 aromatic rings. The molecule has 3 nitrogen and oxygen atoms in total. The van der Waals surface area contributed by atoms with Crippen LogP contribution < -0.4 is 4.78 Å². The molecular weight excluding hydrogens is 269 g/mol. The average molecular weight is 293 g/mol. The summed E-state index contributed by atoms with van der Waals surface area (Å²) < 4.78 is 13.5. The predicted molar refractivity (Wildman–Crippen MR) is 83.8 cm³/mol. The largest absolute Gasteiger partial charge is 0.507 e. The molecule has 1 saturated heterocycles. The van der Waals surface area contributed by atoms with Crippen LogP contribution in [-0.4, -0.2) is 23.3 Å². The second-order valence-electron chi connectivity index (χ2n) is 7.07. The Hall–Kier alpha value is -0.385. The van der Waals surface area contributed by atoms with E-state index in [1.54, 1.807) is 11.3 Å². The van der Waals surface area contributed by atoms with Gasteiger partial charge >= 0.3 is 7.12 Å². The second kappa shape index (κ2) is 4.82. The summed E-state index contributed by atoms with van der Waals surface area (Å²) >= 11 is 1.79. The van der Waals surface area contributed by atoms with Crippen molar-refractivity contribution in [1.29, 1.82) is 0 Å². The molecule has 0 amide bonds. The molecule has 20 heavy (non-hydrogen) atoms. The highest BCUT2D eigenvalue weighted by molar-refractivity contribution is 7.22. The minimum absolute atomic E-state index is 0.257. The summed E-state index contributed by atoms with van der Waals surface area (Å²) in [5, 5.41) is 1.28. The van der Waals surface area contributed by atoms with Crippen molar-refractivity contribution >= 4 is 23.2 Å². The Balaban J connectivity index is 1.85. The Morgan fingerprint density at radius 3 is 2.20 bits per heavy atom. The Kier molecular flexibility index (Phi) is 3.51. The van der Waals surface area contributed by atoms with E-state index in [0.29, 0.717) is 5.92 Å². The summed E-state index contributed by atoms with van der Waals surface area (Å²) in [6, 6.07) is 0. The summed E-state index contributed by atoms with van der Waals surface area (Å²) in [5.74, 6) is 0.662. The van der Waals surface area contributed by atoms with Gasteiger partial charge < -0.3 is 9.31 Å². The third-order valence-electron chi connectivity index (χ3n) is 5.02. The lowest BCUT2D eigenvalue weighted by Gasteiger charge is -2.32. The van der Waals surface area contributed by atoms with Crippen LogP contribution in [0.2, 0.25) is 0 Å². The van der Waals surface area contributed by atoms with Crippen molar-refractivity contribution in [3.8, 4) is 0 Å². The molecule has 0 aromatic carbocycles. The standard InChI is InChI=1S/C15H24BNO2S/c1-10-12(16-18-14(2,3)15(4,5)19-16)20-13(17-10)11-8-6-7-9-11/h11H,6-9H2,1-5H3. The SMILES string of the molecule is Cc1nc(C2CCCC2)sc1B1OC(C)(C)C(C)(C)O1. The third-order valence-corrected chi connectivity index (χ3v) is 6.36. The monoisotopic (exact) mass is 293 g/mol. The molecule has 2 aliphatic rings. The van der Waals surface area contributed by atoms with E-state index in [4.69, 9.17) is 14.3 Å². The molecule has 3 rings (SSSR count). The number of hydrogen-bond acceptors (Lipinski definition) is 4. The zero-order valence-corrected chi connectivity index (χ0v) is 14.0. The topological polar surface area (TPSA) is 31.4 Å². The smallest absolute Gasteiger partial charge is 0.399 e. The van der Waals surface area contributed by atoms with E-state index in [1.807, 2.05) is 0 Å². The van der Waals surface area contributed by atoms with E-state index >= 15 is 0 Å². The molecule has 0 unspecified atom stereocenters. The first-order valence-corrected chi connectivity index (χ1v) is 8.45. The van der Waals surface area contributed by atoms with Crippen LogP contribution in [0.1, 0.15) is 70.0 Å². The highest BCUT2D eigenvalue weighted by atomic mass is 32.1. The minimum Gasteiger partial charge on any atom is -0.399 e. The van der Waals surface area contributed by atoms with Gasteiger partial charge in [-0.2, -0.15) is 0 Å². The zero-order valence-electron chi connectivity index (χ0n) is 13.2. The van der Waals surface area contributed by atoms with Crippen LogP contribution in [0.15, 0.2) is 0 Å². The second-order valence-corrected chi connectivity index (χ2v) is 8.13. The highest BCUT2D eigenvalue weighted by Gasteiger charge is 2.53. The lowest BCUT2D eigenvalue weighted by Crippen LogP contribution is -2.41. The van der Waals surface area contributed by atoms with Crippen molar-refractivity contribution in [3.05, 3.63) is 10.7 Å². The summed E-state index contributed by atoms with van der Waals surface area (Å²) in [7, 11) is -0.257. The van der Waals surface area contributed by atoms with Crippen molar-refractivity contribution in [2.24, 2.45) is 0 Å². The first-order chi connectivity index (χ1) is 9.30. The molecule has 1 aromatic heterocycles. The minimum atomic E-state index is -0.276. The van der Waals surface area contributed by atoms with E-state index in [2.05, 4.69) is 34.6 Å². The molecule has 2 fully saturated rings. The zero-order chi connectivity index (χ0) is 14.5. The Bertz CT molecular complexity index is 490. The van der Waals surface area contributed by atoms with Gasteiger partial charge in [0.05, 0.1) is 21.0 Å². The quantitative estimate of drug-likeness (QED) is 0.783. The third kappa shape index (κ3) is 2.34. The lowest BCUT2D eigenvalue weighted by atomic mass is 9.86. The summed E-state index contributed by atoms with van der Waals surface area (Å²) in [4.78, 5) is 4.79. The molecule has 0 spiro atoms. The van der Waals surface area contributed by atoms with Crippen molar-refractivity contribution in [2.75, 3.05) is 0 Å². The van der Waals surface area contributed by atoms with Gasteiger partial charge in [-0.25, -0.2) is 4.98 Å². The van der Waals surface area contributed by atoms with Gasteiger partial charge in [0.15, 0.2) is 0 Å². The van der Waals surface area contributed by atoms with Crippen LogP contribution in [0, 0.1) is 6.92 Å². The highest BCUT2D eigenvalue weighted by Crippen LogP contribution is 2.39. The van der Waals surface area contributed by atoms with E-state index < -0.39 is 0 Å². The van der Waals surface area contributed by atoms with Gasteiger partial charge in [-0.3, -0.25) is 0 Å². The van der Waals surface area contributed by atoms with E-state index in [1.165, 1.54) is 30.7 Å². The average Bonchev–Trinajstić information content (AvgIpc) is 2.98. The fraction of sp³-hybridized carbons (Fsp3) is 0.800. The summed E-state index contributed by atoms with van der Waals surface area (Å²) in [6.07, 6.45) is 5.26. The molecule has 0 atom stereocenters. The van der Waals surface area contributed by atoms with E-state index in [-0.39, 0.29) is 18.3 Å². The summed E-state index contributed by atoms with van der Waals surface area (Å²) in [6.45, 7) is 10.5. The molecule has 0 radical (unpaired) electrons. The number of aryl methyl sites for hydroxylation is 1. The molecular formula is C15H24BNO2S. The Morgan fingerprint density at radius 2 is 1.65 bits per heavy atom. The molecule has 5 heteroatoms. The van der Waals surface area contributed by atoms with Crippen LogP contribution in [-0.2, 0) is 9.31 Å². The Morgan fingerprint density at radius 1 is 1.10 bits per heavy atom. The molecule has 0 N–H and O–H groups in total. The fourth-order valence-corrected chi connectivity index (χ4v) is 4.14. The molecule has 1 aliphatic carbocycles. The lowest BCUT2D eigenvalue weighted by molar-refractivity contribution is 0.00578. The fourth-order valence-electron chi connectivity index (χ4n) is 2.95. The predicted octanol–water partition coefficient (Wildman–Crippen LogP) is 3.41. The van der Waals surface area contributed by atoms with Crippen LogP contribution in [0.4, 0.5) is 0 Å². The van der Waals surface area contributed by atoms with Crippen LogP contribution in [0.25, 0.3) is 0 Å². The summed E-state index contributed by atoms with van der Waals surface area (Å²) in [5.41, 5.74) is 0.527. The first kappa shape index (κ1) is 14.5. The van der Waals surface area contributed by atoms with Crippen LogP contribution in [0.5, 0.6) is 0 Å². The van der Waals surface area contributed by atoms with Gasteiger partial charge in [0, 0.05) is 11.6 Å². The maximum absolute atomic E-state index is 6.16. The van der Waals surface area contributed by atoms with Gasteiger partial charge in [0.1, 0.15) is 0 Å². The number of aromatic nitrogens is 1. The van der Waals surface area contributed by atoms with Gasteiger partial charge in [-0.15, -0.1) is 11.3 Å². The van der Waals surface area contributed by atoms with Gasteiger partial charge in [0.25, 0.3) is 0 Å². The molecule has 110 valence electrons. The molecule has 2 heterocycles. The van der Waals surface area contributed by atoms with Crippen LogP contribution >= 0.6 is 11.3 Å². The maximum atomic E-state index is 6.16. The van der Waals surface area contributed by atoms with E-state index in [9.17, 15) is 0 Å². The maximum Gasteiger partial charge on any atom is 0.507 e. The van der Waals surface area contributed by atoms with Crippen LogP contribution in [0.3, 0.4) is 0 Å². The van der Waals surface area contributed by atoms with Crippen molar-refractivity contribution in [3.63, 3.8) is 0 Å². The first-order valence-electron chi connectivity index (χ1n) is 7.63. The van der Waals surface area contributed by atoms with Gasteiger partial charge in [0.2, 0.25) is 0 Å². The van der Waals surface area contributed by atoms with Crippen molar-refractivity contribution in [1.82, 2.24) is 4.98 Å². The molecule has 1 aliphatic heterocycles. The Labute approximate surface area is 126 Å². The van der Waals surface area contributed by atoms with E-state index in [0.717, 1.165) is 10.5 Å². The normalized spacial score (nSPS) is 25.6. The number of hydrogen-bond donors (Lipinski definition) is 0. The number of rotatable bonds is 2. The van der Waals surface area contributed by atoms with Gasteiger partial charge in [-0.1, -0.05) is 12.8 Å². The number of thiazole rings is 1. The van der Waals surface area contributed by atoms with Crippen molar-refractivity contribution < 1.29 is 9.31 Å². The van der Waals surface area contributed by atoms with Gasteiger partial charge in [-0.05, 0) is 47.5 Å².